The summed E-state index contributed by atoms with van der Waals surface area (Å²) in [5.74, 6) is -1.61. The molecule has 2 aromatic carbocycles. The zero-order valence-electron chi connectivity index (χ0n) is 39.0. The first-order valence-electron chi connectivity index (χ1n) is 23.8. The van der Waals surface area contributed by atoms with Crippen molar-refractivity contribution in [2.45, 2.75) is 140 Å². The van der Waals surface area contributed by atoms with Crippen LogP contribution in [-0.2, 0) is 29.1 Å². The van der Waals surface area contributed by atoms with Crippen LogP contribution in [0.1, 0.15) is 98.8 Å². The smallest absolute Gasteiger partial charge is 0.408 e. The predicted molar refractivity (Wildman–Crippen MR) is 247 cm³/mol. The first-order valence-corrected chi connectivity index (χ1v) is 25.3. The number of aromatic nitrogens is 1. The third-order valence-corrected chi connectivity index (χ3v) is 17.0. The fraction of sp³-hybridized carbons (Fsp3) is 0.580. The normalized spacial score (nSPS) is 31.5. The molecule has 3 aromatic rings. The molecule has 4 amide bonds. The van der Waals surface area contributed by atoms with Crippen molar-refractivity contribution in [1.82, 2.24) is 25.2 Å². The number of methoxy groups -OCH3 is 1. The van der Waals surface area contributed by atoms with Gasteiger partial charge in [0.25, 0.3) is 5.91 Å². The van der Waals surface area contributed by atoms with E-state index >= 15 is 9.18 Å². The van der Waals surface area contributed by atoms with E-state index in [1.54, 1.807) is 19.1 Å². The highest BCUT2D eigenvalue weighted by molar-refractivity contribution is 7.91. The molecule has 4 aliphatic carbocycles. The number of amides is 4. The Morgan fingerprint density at radius 2 is 1.72 bits per heavy atom. The van der Waals surface area contributed by atoms with E-state index in [2.05, 4.69) is 22.3 Å². The van der Waals surface area contributed by atoms with Crippen LogP contribution in [0.15, 0.2) is 54.6 Å². The largest absolute Gasteiger partial charge is 0.494 e. The number of nitrogens with one attached hydrogen (secondary N) is 3. The number of halogens is 1. The highest BCUT2D eigenvalue weighted by Gasteiger charge is 2.63. The number of alkyl carbamates (subject to hydrolysis) is 1. The molecule has 0 bridgehead atoms. The minimum absolute atomic E-state index is 0.0146. The molecule has 0 spiro atoms. The molecular weight excluding hydrogens is 882 g/mol. The number of fused-ring (bicyclic) bond motifs is 4. The van der Waals surface area contributed by atoms with Gasteiger partial charge in [-0.2, -0.15) is 0 Å². The second-order valence-electron chi connectivity index (χ2n) is 20.5. The summed E-state index contributed by atoms with van der Waals surface area (Å²) in [7, 11) is -2.68. The van der Waals surface area contributed by atoms with E-state index < -0.39 is 74.0 Å². The molecule has 1 aromatic heterocycles. The predicted octanol–water partition coefficient (Wildman–Crippen LogP) is 6.96. The molecule has 4 saturated carbocycles. The first-order chi connectivity index (χ1) is 31.8. The van der Waals surface area contributed by atoms with Gasteiger partial charge in [0, 0.05) is 23.3 Å². The van der Waals surface area contributed by atoms with Gasteiger partial charge in [-0.3, -0.25) is 19.1 Å². The van der Waals surface area contributed by atoms with Crippen molar-refractivity contribution >= 4 is 44.6 Å². The molecule has 17 heteroatoms. The lowest BCUT2D eigenvalue weighted by Crippen LogP contribution is -2.59. The van der Waals surface area contributed by atoms with Crippen molar-refractivity contribution in [3.8, 4) is 28.6 Å². The average molecular weight is 944 g/mol. The number of allylic oxidation sites excluding steroid dienone is 1. The zero-order chi connectivity index (χ0) is 47.6. The Balaban J connectivity index is 1.06. The van der Waals surface area contributed by atoms with Crippen LogP contribution in [0.5, 0.6) is 17.4 Å². The molecule has 2 aliphatic heterocycles. The Kier molecular flexibility index (Phi) is 12.5. The first kappa shape index (κ1) is 46.7. The van der Waals surface area contributed by atoms with Crippen molar-refractivity contribution in [3.63, 3.8) is 0 Å². The molecule has 0 radical (unpaired) electrons. The number of benzene rings is 2. The second-order valence-corrected chi connectivity index (χ2v) is 22.7. The molecule has 360 valence electrons. The number of nitrogens with zero attached hydrogens (tertiary/aromatic N) is 2. The SMILES string of the molecule is COc1cc2cc(-c3ccc(OC(C)C)cc3)nc(O[C@@H]3C[C@H]4C(=O)N[C@]5(C(=O)NS(=O)(=O)C6(C)CC6)C[C@H]5/C=C\CC[C@H](C)C[C@@H](C)[C@H](NC(=O)O[C@@H]5C[C@@H]6C[C@@H]6C5)C(=O)N4C3)c2cc1F. The summed E-state index contributed by atoms with van der Waals surface area (Å²) in [5.41, 5.74) is -0.386. The molecule has 3 heterocycles. The maximum absolute atomic E-state index is 15.5. The summed E-state index contributed by atoms with van der Waals surface area (Å²) in [5, 5.41) is 6.71. The average Bonchev–Trinajstić information content (AvgIpc) is 4.23. The Labute approximate surface area is 391 Å². The van der Waals surface area contributed by atoms with Gasteiger partial charge in [0.05, 0.1) is 30.2 Å². The Bertz CT molecular complexity index is 2580. The fourth-order valence-corrected chi connectivity index (χ4v) is 11.7. The van der Waals surface area contributed by atoms with E-state index in [1.807, 2.05) is 57.2 Å². The number of sulfonamides is 1. The van der Waals surface area contributed by atoms with E-state index in [4.69, 9.17) is 23.9 Å². The summed E-state index contributed by atoms with van der Waals surface area (Å²) in [4.78, 5) is 64.1. The molecule has 9 rings (SSSR count). The van der Waals surface area contributed by atoms with Crippen LogP contribution in [0.2, 0.25) is 0 Å². The Morgan fingerprint density at radius 1 is 0.985 bits per heavy atom. The minimum Gasteiger partial charge on any atom is -0.494 e. The number of ether oxygens (including phenoxy) is 4. The van der Waals surface area contributed by atoms with Crippen molar-refractivity contribution in [3.05, 3.63) is 60.4 Å². The van der Waals surface area contributed by atoms with E-state index in [0.29, 0.717) is 65.3 Å². The minimum atomic E-state index is -4.06. The molecular formula is C50H62FN5O10S. The van der Waals surface area contributed by atoms with Gasteiger partial charge in [-0.05, 0) is 150 Å². The van der Waals surface area contributed by atoms with E-state index in [0.717, 1.165) is 25.7 Å². The zero-order valence-corrected chi connectivity index (χ0v) is 39.8. The molecule has 0 unspecified atom stereocenters. The van der Waals surface area contributed by atoms with Gasteiger partial charge in [-0.1, -0.05) is 26.0 Å². The second kappa shape index (κ2) is 17.9. The van der Waals surface area contributed by atoms with Gasteiger partial charge in [0.1, 0.15) is 35.6 Å². The summed E-state index contributed by atoms with van der Waals surface area (Å²) in [6, 6.07) is 9.64. The lowest BCUT2D eigenvalue weighted by atomic mass is 9.88. The van der Waals surface area contributed by atoms with Crippen LogP contribution in [0.4, 0.5) is 9.18 Å². The molecule has 67 heavy (non-hydrogen) atoms. The number of rotatable bonds is 11. The van der Waals surface area contributed by atoms with Crippen molar-refractivity contribution in [2.75, 3.05) is 13.7 Å². The lowest BCUT2D eigenvalue weighted by molar-refractivity contribution is -0.142. The van der Waals surface area contributed by atoms with Gasteiger partial charge >= 0.3 is 6.09 Å². The van der Waals surface area contributed by atoms with Crippen LogP contribution < -0.4 is 29.6 Å². The van der Waals surface area contributed by atoms with Gasteiger partial charge < -0.3 is 34.5 Å². The molecule has 5 fully saturated rings. The Hall–Kier alpha value is -5.45. The third kappa shape index (κ3) is 9.66. The summed E-state index contributed by atoms with van der Waals surface area (Å²) in [6.45, 7) is 9.29. The van der Waals surface area contributed by atoms with Crippen molar-refractivity contribution in [1.29, 1.82) is 0 Å². The van der Waals surface area contributed by atoms with Crippen LogP contribution >= 0.6 is 0 Å². The highest BCUT2D eigenvalue weighted by atomic mass is 32.2. The lowest BCUT2D eigenvalue weighted by Gasteiger charge is -2.33. The Morgan fingerprint density at radius 3 is 2.40 bits per heavy atom. The third-order valence-electron chi connectivity index (χ3n) is 14.9. The maximum Gasteiger partial charge on any atom is 0.408 e. The standard InChI is InChI=1S/C50H62FN5O10S/c1-27(2)64-35-13-11-30(12-14-35)40-21-33-22-42(63-6)39(51)24-38(33)45(52-40)65-37-23-41-44(57)54-50(47(59)55-67(61,62)49(5)15-16-49)25-34(50)10-8-7-9-28(3)17-29(4)43(46(58)56(41)26-37)53-48(60)66-36-19-31-18-32(31)20-36/h8,10-14,21-22,24,27-29,31-32,34,36-37,41,43H,7,9,15-20,23,25-26H2,1-6H3,(H,53,60)(H,54,57)(H,55,59)/b10-8-/t28-,29+,31-,32+,34+,36+,37+,41-,43-,50+/m0/s1. The van der Waals surface area contributed by atoms with Gasteiger partial charge in [0.15, 0.2) is 11.6 Å². The van der Waals surface area contributed by atoms with Gasteiger partial charge in [0.2, 0.25) is 27.7 Å². The van der Waals surface area contributed by atoms with Crippen LogP contribution in [0.25, 0.3) is 22.0 Å². The molecule has 15 nitrogen and oxygen atoms in total. The number of hydrogen-bond acceptors (Lipinski definition) is 11. The number of carbonyl (C=O) groups is 4. The number of pyridine rings is 1. The van der Waals surface area contributed by atoms with E-state index in [9.17, 15) is 22.8 Å². The van der Waals surface area contributed by atoms with Gasteiger partial charge in [-0.15, -0.1) is 0 Å². The van der Waals surface area contributed by atoms with Crippen LogP contribution in [0.3, 0.4) is 0 Å². The van der Waals surface area contributed by atoms with E-state index in [1.165, 1.54) is 18.1 Å². The summed E-state index contributed by atoms with van der Waals surface area (Å²) >= 11 is 0. The van der Waals surface area contributed by atoms with Crippen LogP contribution in [0, 0.1) is 35.4 Å². The highest BCUT2D eigenvalue weighted by Crippen LogP contribution is 2.53. The monoisotopic (exact) mass is 943 g/mol. The molecule has 1 saturated heterocycles. The fourth-order valence-electron chi connectivity index (χ4n) is 10.4. The number of carbonyl (C=O) groups excluding carboxylic acids is 4. The molecule has 3 N–H and O–H groups in total. The van der Waals surface area contributed by atoms with Crippen molar-refractivity contribution in [2.24, 2.45) is 29.6 Å². The topological polar surface area (TPSA) is 192 Å². The maximum atomic E-state index is 15.5. The summed E-state index contributed by atoms with van der Waals surface area (Å²) < 4.78 is 67.2. The van der Waals surface area contributed by atoms with Gasteiger partial charge in [-0.25, -0.2) is 22.6 Å². The molecule has 6 aliphatic rings. The summed E-state index contributed by atoms with van der Waals surface area (Å²) in [6.07, 6.45) is 7.54. The quantitative estimate of drug-likeness (QED) is 0.168. The van der Waals surface area contributed by atoms with Crippen LogP contribution in [-0.4, -0.2) is 96.5 Å². The van der Waals surface area contributed by atoms with Crippen molar-refractivity contribution < 1.29 is 50.9 Å². The number of hydrogen-bond donors (Lipinski definition) is 3. The van der Waals surface area contributed by atoms with E-state index in [-0.39, 0.29) is 55.1 Å². The molecule has 10 atom stereocenters.